The summed E-state index contributed by atoms with van der Waals surface area (Å²) < 4.78 is 5.04. The van der Waals surface area contributed by atoms with Crippen LogP contribution in [0.25, 0.3) is 0 Å². The van der Waals surface area contributed by atoms with Crippen LogP contribution >= 0.6 is 0 Å². The van der Waals surface area contributed by atoms with Gasteiger partial charge in [-0.25, -0.2) is 0 Å². The van der Waals surface area contributed by atoms with Gasteiger partial charge in [-0.2, -0.15) is 10.5 Å². The molecule has 0 heterocycles. The van der Waals surface area contributed by atoms with E-state index >= 15 is 0 Å². The minimum Gasteiger partial charge on any atom is -0.465 e. The molecule has 0 radical (unpaired) electrons. The lowest BCUT2D eigenvalue weighted by atomic mass is 9.72. The van der Waals surface area contributed by atoms with Gasteiger partial charge >= 0.3 is 5.97 Å². The van der Waals surface area contributed by atoms with Gasteiger partial charge in [-0.1, -0.05) is 29.8 Å². The molecule has 0 amide bonds. The molecule has 1 unspecified atom stereocenters. The summed E-state index contributed by atoms with van der Waals surface area (Å²) in [5, 5.41) is 18.2. The maximum Gasteiger partial charge on any atom is 0.318 e. The molecule has 0 aromatic heterocycles. The Kier molecular flexibility index (Phi) is 4.67. The van der Waals surface area contributed by atoms with Gasteiger partial charge in [0, 0.05) is 0 Å². The van der Waals surface area contributed by atoms with Crippen LogP contribution in [0.1, 0.15) is 25.0 Å². The van der Waals surface area contributed by atoms with Crippen molar-refractivity contribution in [3.8, 4) is 12.1 Å². The van der Waals surface area contributed by atoms with Crippen LogP contribution in [-0.4, -0.2) is 12.6 Å². The number of hydrogen-bond acceptors (Lipinski definition) is 4. The summed E-state index contributed by atoms with van der Waals surface area (Å²) in [6.07, 6.45) is 0. The molecule has 98 valence electrons. The fraction of sp³-hybridized carbons (Fsp3) is 0.400. The highest BCUT2D eigenvalue weighted by Crippen LogP contribution is 2.33. The van der Waals surface area contributed by atoms with Crippen LogP contribution in [0, 0.1) is 35.5 Å². The van der Waals surface area contributed by atoms with Crippen LogP contribution in [0.3, 0.4) is 0 Å². The minimum atomic E-state index is -1.27. The number of aryl methyl sites for hydroxylation is 1. The predicted octanol–water partition coefficient (Wildman–Crippen LogP) is 2.48. The van der Waals surface area contributed by atoms with Crippen molar-refractivity contribution in [1.82, 2.24) is 0 Å². The second-order valence-corrected chi connectivity index (χ2v) is 4.48. The second-order valence-electron chi connectivity index (χ2n) is 4.48. The molecule has 0 aliphatic heterocycles. The first-order chi connectivity index (χ1) is 9.00. The number of benzene rings is 1. The molecule has 0 saturated heterocycles. The van der Waals surface area contributed by atoms with E-state index in [0.29, 0.717) is 5.56 Å². The fourth-order valence-electron chi connectivity index (χ4n) is 1.87. The third-order valence-electron chi connectivity index (χ3n) is 3.19. The van der Waals surface area contributed by atoms with Crippen molar-refractivity contribution in [1.29, 1.82) is 10.5 Å². The average Bonchev–Trinajstić information content (AvgIpc) is 2.40. The number of nitrogens with zero attached hydrogens (tertiary/aromatic N) is 2. The standard InChI is InChI=1S/C15H16N2O2/c1-4-19-14(18)15(3,13(9-16)10-17)12-7-5-11(2)6-8-12/h5-8,13H,4H2,1-3H3. The number of esters is 1. The number of carbonyl (C=O) groups excluding carboxylic acids is 1. The summed E-state index contributed by atoms with van der Waals surface area (Å²) in [5.41, 5.74) is 0.387. The first kappa shape index (κ1) is 14.7. The third-order valence-corrected chi connectivity index (χ3v) is 3.19. The van der Waals surface area contributed by atoms with Gasteiger partial charge in [-0.05, 0) is 26.3 Å². The van der Waals surface area contributed by atoms with Gasteiger partial charge in [0.15, 0.2) is 5.92 Å². The molecule has 0 saturated carbocycles. The number of nitriles is 2. The predicted molar refractivity (Wildman–Crippen MR) is 69.9 cm³/mol. The van der Waals surface area contributed by atoms with Crippen molar-refractivity contribution < 1.29 is 9.53 Å². The van der Waals surface area contributed by atoms with Crippen molar-refractivity contribution in [2.75, 3.05) is 6.61 Å². The largest absolute Gasteiger partial charge is 0.465 e. The molecular formula is C15H16N2O2. The molecule has 19 heavy (non-hydrogen) atoms. The summed E-state index contributed by atoms with van der Waals surface area (Å²) in [7, 11) is 0. The Labute approximate surface area is 113 Å². The third kappa shape index (κ3) is 2.74. The first-order valence-electron chi connectivity index (χ1n) is 6.04. The molecule has 1 rings (SSSR count). The SMILES string of the molecule is CCOC(=O)C(C)(c1ccc(C)cc1)C(C#N)C#N. The van der Waals surface area contributed by atoms with E-state index in [0.717, 1.165) is 5.56 Å². The molecular weight excluding hydrogens is 240 g/mol. The van der Waals surface area contributed by atoms with E-state index in [-0.39, 0.29) is 6.61 Å². The van der Waals surface area contributed by atoms with Crippen molar-refractivity contribution in [2.24, 2.45) is 5.92 Å². The smallest absolute Gasteiger partial charge is 0.318 e. The van der Waals surface area contributed by atoms with Crippen LogP contribution in [0.5, 0.6) is 0 Å². The quantitative estimate of drug-likeness (QED) is 0.776. The van der Waals surface area contributed by atoms with E-state index in [4.69, 9.17) is 15.3 Å². The zero-order valence-corrected chi connectivity index (χ0v) is 11.3. The van der Waals surface area contributed by atoms with Crippen molar-refractivity contribution in [3.05, 3.63) is 35.4 Å². The monoisotopic (exact) mass is 256 g/mol. The maximum absolute atomic E-state index is 12.2. The van der Waals surface area contributed by atoms with Crippen molar-refractivity contribution in [2.45, 2.75) is 26.2 Å². The molecule has 0 aliphatic carbocycles. The Bertz CT molecular complexity index is 523. The van der Waals surface area contributed by atoms with E-state index in [9.17, 15) is 4.79 Å². The number of hydrogen-bond donors (Lipinski definition) is 0. The second kappa shape index (κ2) is 6.02. The first-order valence-corrected chi connectivity index (χ1v) is 6.04. The van der Waals surface area contributed by atoms with Crippen LogP contribution in [0.2, 0.25) is 0 Å². The van der Waals surface area contributed by atoms with Crippen LogP contribution < -0.4 is 0 Å². The molecule has 0 aliphatic rings. The fourth-order valence-corrected chi connectivity index (χ4v) is 1.87. The molecule has 4 heteroatoms. The Hall–Kier alpha value is -2.33. The average molecular weight is 256 g/mol. The zero-order chi connectivity index (χ0) is 14.5. The molecule has 0 spiro atoms. The van der Waals surface area contributed by atoms with E-state index in [1.807, 2.05) is 31.2 Å². The highest BCUT2D eigenvalue weighted by Gasteiger charge is 2.45. The normalized spacial score (nSPS) is 13.2. The van der Waals surface area contributed by atoms with Gasteiger partial charge in [0.1, 0.15) is 5.41 Å². The topological polar surface area (TPSA) is 73.9 Å². The van der Waals surface area contributed by atoms with Gasteiger partial charge < -0.3 is 4.74 Å². The van der Waals surface area contributed by atoms with Crippen molar-refractivity contribution in [3.63, 3.8) is 0 Å². The minimum absolute atomic E-state index is 0.212. The van der Waals surface area contributed by atoms with Crippen LogP contribution in [0.15, 0.2) is 24.3 Å². The zero-order valence-electron chi connectivity index (χ0n) is 11.3. The van der Waals surface area contributed by atoms with Gasteiger partial charge in [-0.15, -0.1) is 0 Å². The summed E-state index contributed by atoms with van der Waals surface area (Å²) in [6.45, 7) is 5.41. The maximum atomic E-state index is 12.2. The van der Waals surface area contributed by atoms with Gasteiger partial charge in [0.25, 0.3) is 0 Å². The molecule has 0 N–H and O–H groups in total. The molecule has 1 aromatic carbocycles. The Balaban J connectivity index is 3.35. The van der Waals surface area contributed by atoms with Gasteiger partial charge in [0.2, 0.25) is 0 Å². The van der Waals surface area contributed by atoms with Crippen LogP contribution in [0.4, 0.5) is 0 Å². The lowest BCUT2D eigenvalue weighted by molar-refractivity contribution is -0.150. The molecule has 1 aromatic rings. The number of rotatable bonds is 4. The summed E-state index contributed by atoms with van der Waals surface area (Å²) in [4.78, 5) is 12.2. The van der Waals surface area contributed by atoms with E-state index in [1.54, 1.807) is 26.0 Å². The highest BCUT2D eigenvalue weighted by atomic mass is 16.5. The molecule has 0 bridgehead atoms. The van der Waals surface area contributed by atoms with Crippen LogP contribution in [-0.2, 0) is 14.9 Å². The summed E-state index contributed by atoms with van der Waals surface area (Å²) >= 11 is 0. The lowest BCUT2D eigenvalue weighted by Crippen LogP contribution is -2.40. The number of ether oxygens (including phenoxy) is 1. The Morgan fingerprint density at radius 2 is 1.84 bits per heavy atom. The van der Waals surface area contributed by atoms with E-state index in [1.165, 1.54) is 0 Å². The Morgan fingerprint density at radius 1 is 1.32 bits per heavy atom. The lowest BCUT2D eigenvalue weighted by Gasteiger charge is -2.28. The molecule has 4 nitrogen and oxygen atoms in total. The molecule has 1 atom stereocenters. The van der Waals surface area contributed by atoms with E-state index < -0.39 is 17.3 Å². The summed E-state index contributed by atoms with van der Waals surface area (Å²) in [5.74, 6) is -1.64. The highest BCUT2D eigenvalue weighted by molar-refractivity contribution is 5.84. The van der Waals surface area contributed by atoms with Crippen molar-refractivity contribution >= 4 is 5.97 Å². The number of carbonyl (C=O) groups is 1. The Morgan fingerprint density at radius 3 is 2.26 bits per heavy atom. The summed E-state index contributed by atoms with van der Waals surface area (Å²) in [6, 6.07) is 11.0. The molecule has 0 fully saturated rings. The van der Waals surface area contributed by atoms with Gasteiger partial charge in [0.05, 0.1) is 18.7 Å². The van der Waals surface area contributed by atoms with E-state index in [2.05, 4.69) is 0 Å². The van der Waals surface area contributed by atoms with Gasteiger partial charge in [-0.3, -0.25) is 4.79 Å².